The molecule has 0 saturated heterocycles. The van der Waals surface area contributed by atoms with Crippen LogP contribution in [0, 0.1) is 11.3 Å². The van der Waals surface area contributed by atoms with Gasteiger partial charge in [0, 0.05) is 13.1 Å². The first kappa shape index (κ1) is 15.1. The van der Waals surface area contributed by atoms with E-state index in [1.54, 1.807) is 7.11 Å². The van der Waals surface area contributed by atoms with E-state index in [0.29, 0.717) is 11.3 Å². The molecule has 108 valence electrons. The molecule has 0 fully saturated rings. The first-order valence-corrected chi connectivity index (χ1v) is 7.10. The van der Waals surface area contributed by atoms with Crippen molar-refractivity contribution in [1.82, 2.24) is 4.90 Å². The number of methoxy groups -OCH3 is 1. The maximum absolute atomic E-state index is 9.02. The maximum Gasteiger partial charge on any atom is 0.136 e. The summed E-state index contributed by atoms with van der Waals surface area (Å²) in [7, 11) is 1.60. The van der Waals surface area contributed by atoms with Gasteiger partial charge in [-0.3, -0.25) is 4.90 Å². The van der Waals surface area contributed by atoms with E-state index in [1.165, 1.54) is 5.56 Å². The average Bonchev–Trinajstić information content (AvgIpc) is 2.55. The fourth-order valence-electron chi connectivity index (χ4n) is 2.31. The molecule has 3 heteroatoms. The quantitative estimate of drug-likeness (QED) is 0.811. The van der Waals surface area contributed by atoms with Crippen molar-refractivity contribution >= 4 is 0 Å². The van der Waals surface area contributed by atoms with E-state index in [9.17, 15) is 0 Å². The molecule has 0 radical (unpaired) electrons. The lowest BCUT2D eigenvalue weighted by Crippen LogP contribution is -2.22. The molecule has 21 heavy (non-hydrogen) atoms. The van der Waals surface area contributed by atoms with Crippen LogP contribution in [-0.2, 0) is 13.1 Å². The van der Waals surface area contributed by atoms with E-state index in [4.69, 9.17) is 10.00 Å². The first-order chi connectivity index (χ1) is 10.3. The predicted octanol–water partition coefficient (Wildman–Crippen LogP) is 3.59. The molecule has 2 aromatic carbocycles. The standard InChI is InChI=1S/C18H20N2O/c1-3-20(13-15-7-5-4-6-8-15)14-16-9-10-17(12-19)18(11-16)21-2/h4-11H,3,13-14H2,1-2H3. The van der Waals surface area contributed by atoms with Gasteiger partial charge < -0.3 is 4.74 Å². The molecule has 0 bridgehead atoms. The summed E-state index contributed by atoms with van der Waals surface area (Å²) in [6, 6.07) is 18.4. The van der Waals surface area contributed by atoms with Gasteiger partial charge in [-0.05, 0) is 29.8 Å². The summed E-state index contributed by atoms with van der Waals surface area (Å²) in [4.78, 5) is 2.36. The zero-order chi connectivity index (χ0) is 15.1. The minimum absolute atomic E-state index is 0.576. The van der Waals surface area contributed by atoms with Crippen molar-refractivity contribution < 1.29 is 4.74 Å². The summed E-state index contributed by atoms with van der Waals surface area (Å²) in [6.45, 7) is 4.88. The zero-order valence-corrected chi connectivity index (χ0v) is 12.5. The first-order valence-electron chi connectivity index (χ1n) is 7.10. The van der Waals surface area contributed by atoms with Gasteiger partial charge in [-0.15, -0.1) is 0 Å². The molecule has 2 rings (SSSR count). The molecule has 2 aromatic rings. The van der Waals surface area contributed by atoms with Crippen molar-refractivity contribution in [3.8, 4) is 11.8 Å². The third kappa shape index (κ3) is 4.08. The van der Waals surface area contributed by atoms with Crippen LogP contribution in [-0.4, -0.2) is 18.6 Å². The molecule has 0 spiro atoms. The lowest BCUT2D eigenvalue weighted by atomic mass is 10.1. The average molecular weight is 280 g/mol. The van der Waals surface area contributed by atoms with Crippen LogP contribution in [0.4, 0.5) is 0 Å². The minimum Gasteiger partial charge on any atom is -0.495 e. The number of benzene rings is 2. The maximum atomic E-state index is 9.02. The molecule has 3 nitrogen and oxygen atoms in total. The van der Waals surface area contributed by atoms with E-state index in [-0.39, 0.29) is 0 Å². The highest BCUT2D eigenvalue weighted by Crippen LogP contribution is 2.20. The highest BCUT2D eigenvalue weighted by Gasteiger charge is 2.08. The molecule has 0 heterocycles. The third-order valence-electron chi connectivity index (χ3n) is 3.49. The summed E-state index contributed by atoms with van der Waals surface area (Å²) in [5, 5.41) is 9.02. The van der Waals surface area contributed by atoms with Crippen molar-refractivity contribution in [3.05, 3.63) is 65.2 Å². The van der Waals surface area contributed by atoms with Crippen molar-refractivity contribution in [1.29, 1.82) is 5.26 Å². The topological polar surface area (TPSA) is 36.3 Å². The number of rotatable bonds is 6. The molecular weight excluding hydrogens is 260 g/mol. The molecular formula is C18H20N2O. The highest BCUT2D eigenvalue weighted by atomic mass is 16.5. The summed E-state index contributed by atoms with van der Waals surface area (Å²) in [6.07, 6.45) is 0. The Morgan fingerprint density at radius 2 is 1.76 bits per heavy atom. The molecule has 0 N–H and O–H groups in total. The Kier molecular flexibility index (Phi) is 5.36. The fourth-order valence-corrected chi connectivity index (χ4v) is 2.31. The van der Waals surface area contributed by atoms with Crippen LogP contribution < -0.4 is 4.74 Å². The third-order valence-corrected chi connectivity index (χ3v) is 3.49. The molecule has 0 amide bonds. The number of ether oxygens (including phenoxy) is 1. The van der Waals surface area contributed by atoms with E-state index in [1.807, 2.05) is 24.3 Å². The van der Waals surface area contributed by atoms with Crippen LogP contribution in [0.25, 0.3) is 0 Å². The van der Waals surface area contributed by atoms with Crippen molar-refractivity contribution in [2.75, 3.05) is 13.7 Å². The lowest BCUT2D eigenvalue weighted by molar-refractivity contribution is 0.271. The highest BCUT2D eigenvalue weighted by molar-refractivity contribution is 5.45. The smallest absolute Gasteiger partial charge is 0.136 e. The van der Waals surface area contributed by atoms with E-state index >= 15 is 0 Å². The number of hydrogen-bond acceptors (Lipinski definition) is 3. The van der Waals surface area contributed by atoms with Crippen LogP contribution in [0.1, 0.15) is 23.6 Å². The second-order valence-electron chi connectivity index (χ2n) is 4.94. The number of nitriles is 1. The minimum atomic E-state index is 0.576. The normalized spacial score (nSPS) is 10.4. The van der Waals surface area contributed by atoms with Crippen molar-refractivity contribution in [2.45, 2.75) is 20.0 Å². The molecule has 0 aromatic heterocycles. The lowest BCUT2D eigenvalue weighted by Gasteiger charge is -2.21. The summed E-state index contributed by atoms with van der Waals surface area (Å²) < 4.78 is 5.27. The van der Waals surface area contributed by atoms with E-state index < -0.39 is 0 Å². The van der Waals surface area contributed by atoms with Gasteiger partial charge in [-0.1, -0.05) is 43.3 Å². The van der Waals surface area contributed by atoms with Gasteiger partial charge in [0.2, 0.25) is 0 Å². The fraction of sp³-hybridized carbons (Fsp3) is 0.278. The summed E-state index contributed by atoms with van der Waals surface area (Å²) >= 11 is 0. The van der Waals surface area contributed by atoms with E-state index in [0.717, 1.165) is 25.2 Å². The monoisotopic (exact) mass is 280 g/mol. The summed E-state index contributed by atoms with van der Waals surface area (Å²) in [5.74, 6) is 0.644. The van der Waals surface area contributed by atoms with Gasteiger partial charge in [-0.25, -0.2) is 0 Å². The largest absolute Gasteiger partial charge is 0.495 e. The van der Waals surface area contributed by atoms with Crippen molar-refractivity contribution in [2.24, 2.45) is 0 Å². The summed E-state index contributed by atoms with van der Waals surface area (Å²) in [5.41, 5.74) is 3.04. The van der Waals surface area contributed by atoms with Gasteiger partial charge >= 0.3 is 0 Å². The number of hydrogen-bond donors (Lipinski definition) is 0. The SMILES string of the molecule is CCN(Cc1ccccc1)Cc1ccc(C#N)c(OC)c1. The molecule has 0 aliphatic carbocycles. The Labute approximate surface area is 126 Å². The van der Waals surface area contributed by atoms with Crippen LogP contribution >= 0.6 is 0 Å². The molecule has 0 aliphatic heterocycles. The Morgan fingerprint density at radius 1 is 1.05 bits per heavy atom. The zero-order valence-electron chi connectivity index (χ0n) is 12.5. The van der Waals surface area contributed by atoms with Gasteiger partial charge in [-0.2, -0.15) is 5.26 Å². The van der Waals surface area contributed by atoms with Crippen LogP contribution in [0.3, 0.4) is 0 Å². The van der Waals surface area contributed by atoms with E-state index in [2.05, 4.69) is 42.2 Å². The Hall–Kier alpha value is -2.31. The van der Waals surface area contributed by atoms with Crippen molar-refractivity contribution in [3.63, 3.8) is 0 Å². The van der Waals surface area contributed by atoms with Gasteiger partial charge in [0.1, 0.15) is 11.8 Å². The van der Waals surface area contributed by atoms with Crippen LogP contribution in [0.5, 0.6) is 5.75 Å². The van der Waals surface area contributed by atoms with Crippen LogP contribution in [0.2, 0.25) is 0 Å². The second kappa shape index (κ2) is 7.47. The Bertz CT molecular complexity index is 617. The van der Waals surface area contributed by atoms with Gasteiger partial charge in [0.15, 0.2) is 0 Å². The van der Waals surface area contributed by atoms with Gasteiger partial charge in [0.25, 0.3) is 0 Å². The second-order valence-corrected chi connectivity index (χ2v) is 4.94. The Morgan fingerprint density at radius 3 is 2.38 bits per heavy atom. The molecule has 0 aliphatic rings. The van der Waals surface area contributed by atoms with Gasteiger partial charge in [0.05, 0.1) is 12.7 Å². The number of nitrogens with zero attached hydrogens (tertiary/aromatic N) is 2. The molecule has 0 atom stereocenters. The Balaban J connectivity index is 2.10. The predicted molar refractivity (Wildman–Crippen MR) is 83.9 cm³/mol. The molecule has 0 saturated carbocycles. The molecule has 0 unspecified atom stereocenters. The van der Waals surface area contributed by atoms with Crippen LogP contribution in [0.15, 0.2) is 48.5 Å².